The molecule has 1 heterocycles. The van der Waals surface area contributed by atoms with Crippen LogP contribution in [0.1, 0.15) is 6.92 Å². The average Bonchev–Trinajstić information content (AvgIpc) is 2.24. The molecule has 4 heteroatoms. The van der Waals surface area contributed by atoms with Crippen molar-refractivity contribution in [2.75, 3.05) is 5.75 Å². The van der Waals surface area contributed by atoms with Crippen molar-refractivity contribution in [2.45, 2.75) is 11.8 Å². The van der Waals surface area contributed by atoms with Gasteiger partial charge < -0.3 is 0 Å². The molecule has 0 amide bonds. The maximum Gasteiger partial charge on any atom is 0.148 e. The summed E-state index contributed by atoms with van der Waals surface area (Å²) in [4.78, 5) is 5.26. The van der Waals surface area contributed by atoms with Gasteiger partial charge in [0.2, 0.25) is 0 Å². The summed E-state index contributed by atoms with van der Waals surface area (Å²) in [7, 11) is 0. The van der Waals surface area contributed by atoms with Gasteiger partial charge in [0.05, 0.1) is 5.02 Å². The van der Waals surface area contributed by atoms with Crippen LogP contribution in [0.2, 0.25) is 10.2 Å². The second-order valence-electron chi connectivity index (χ2n) is 3.05. The van der Waals surface area contributed by atoms with Gasteiger partial charge in [0.25, 0.3) is 0 Å². The minimum Gasteiger partial charge on any atom is -0.242 e. The van der Waals surface area contributed by atoms with E-state index in [-0.39, 0.29) is 0 Å². The Labute approximate surface area is 103 Å². The SMILES string of the molecule is CCSc1ccc2c(Cl)c(Cl)ncc2c1. The molecule has 1 aromatic heterocycles. The summed E-state index contributed by atoms with van der Waals surface area (Å²) in [5, 5.41) is 2.88. The molecule has 2 aromatic rings. The van der Waals surface area contributed by atoms with Crippen LogP contribution in [0.25, 0.3) is 10.8 Å². The fourth-order valence-electron chi connectivity index (χ4n) is 1.40. The average molecular weight is 258 g/mol. The first kappa shape index (κ1) is 11.1. The number of pyridine rings is 1. The number of fused-ring (bicyclic) bond motifs is 1. The van der Waals surface area contributed by atoms with Crippen LogP contribution in [0.5, 0.6) is 0 Å². The molecular weight excluding hydrogens is 249 g/mol. The Bertz CT molecular complexity index is 499. The summed E-state index contributed by atoms with van der Waals surface area (Å²) in [5.74, 6) is 1.06. The van der Waals surface area contributed by atoms with Gasteiger partial charge in [0.1, 0.15) is 5.15 Å². The molecule has 0 aliphatic rings. The van der Waals surface area contributed by atoms with Gasteiger partial charge in [0, 0.05) is 21.9 Å². The number of thioether (sulfide) groups is 1. The molecule has 1 nitrogen and oxygen atoms in total. The Balaban J connectivity index is 2.59. The van der Waals surface area contributed by atoms with Crippen molar-refractivity contribution < 1.29 is 0 Å². The van der Waals surface area contributed by atoms with Crippen molar-refractivity contribution in [2.24, 2.45) is 0 Å². The van der Waals surface area contributed by atoms with Gasteiger partial charge in [-0.25, -0.2) is 4.98 Å². The molecule has 0 saturated carbocycles. The van der Waals surface area contributed by atoms with Crippen LogP contribution in [0.3, 0.4) is 0 Å². The fraction of sp³-hybridized carbons (Fsp3) is 0.182. The number of benzene rings is 1. The summed E-state index contributed by atoms with van der Waals surface area (Å²) < 4.78 is 0. The van der Waals surface area contributed by atoms with Crippen molar-refractivity contribution in [3.63, 3.8) is 0 Å². The smallest absolute Gasteiger partial charge is 0.148 e. The van der Waals surface area contributed by atoms with Gasteiger partial charge >= 0.3 is 0 Å². The Morgan fingerprint density at radius 1 is 1.33 bits per heavy atom. The van der Waals surface area contributed by atoms with Gasteiger partial charge in [-0.2, -0.15) is 0 Å². The van der Waals surface area contributed by atoms with Crippen LogP contribution >= 0.6 is 35.0 Å². The van der Waals surface area contributed by atoms with Crippen molar-refractivity contribution in [1.29, 1.82) is 0 Å². The molecule has 0 radical (unpaired) electrons. The normalized spacial score (nSPS) is 10.9. The van der Waals surface area contributed by atoms with Gasteiger partial charge in [-0.3, -0.25) is 0 Å². The minimum atomic E-state index is 0.361. The first-order chi connectivity index (χ1) is 7.22. The highest BCUT2D eigenvalue weighted by molar-refractivity contribution is 7.99. The number of rotatable bonds is 2. The highest BCUT2D eigenvalue weighted by Crippen LogP contribution is 2.31. The zero-order chi connectivity index (χ0) is 10.8. The molecule has 0 aliphatic heterocycles. The van der Waals surface area contributed by atoms with Crippen LogP contribution in [-0.4, -0.2) is 10.7 Å². The first-order valence-electron chi connectivity index (χ1n) is 4.59. The predicted octanol–water partition coefficient (Wildman–Crippen LogP) is 4.65. The lowest BCUT2D eigenvalue weighted by Gasteiger charge is -2.04. The standard InChI is InChI=1S/C11H9Cl2NS/c1-2-15-8-3-4-9-7(5-8)6-14-11(13)10(9)12/h3-6H,2H2,1H3. The molecule has 0 unspecified atom stereocenters. The maximum atomic E-state index is 6.05. The molecular formula is C11H9Cl2NS. The van der Waals surface area contributed by atoms with Gasteiger partial charge in [-0.1, -0.05) is 36.2 Å². The second-order valence-corrected chi connectivity index (χ2v) is 5.12. The Hall–Kier alpha value is -0.440. The molecule has 78 valence electrons. The first-order valence-corrected chi connectivity index (χ1v) is 6.33. The fourth-order valence-corrected chi connectivity index (χ4v) is 2.48. The largest absolute Gasteiger partial charge is 0.242 e. The second kappa shape index (κ2) is 4.60. The third-order valence-corrected chi connectivity index (χ3v) is 3.71. The summed E-state index contributed by atoms with van der Waals surface area (Å²) >= 11 is 13.7. The van der Waals surface area contributed by atoms with E-state index >= 15 is 0 Å². The summed E-state index contributed by atoms with van der Waals surface area (Å²) in [5.41, 5.74) is 0. The van der Waals surface area contributed by atoms with Crippen molar-refractivity contribution in [3.8, 4) is 0 Å². The molecule has 0 atom stereocenters. The summed E-state index contributed by atoms with van der Waals surface area (Å²) in [6, 6.07) is 6.13. The quantitative estimate of drug-likeness (QED) is 0.574. The Morgan fingerprint density at radius 2 is 2.13 bits per heavy atom. The van der Waals surface area contributed by atoms with Gasteiger partial charge in [-0.05, 0) is 17.9 Å². The molecule has 0 bridgehead atoms. The number of hydrogen-bond acceptors (Lipinski definition) is 2. The monoisotopic (exact) mass is 257 g/mol. The molecule has 0 spiro atoms. The zero-order valence-corrected chi connectivity index (χ0v) is 10.5. The van der Waals surface area contributed by atoms with Gasteiger partial charge in [0.15, 0.2) is 0 Å². The van der Waals surface area contributed by atoms with Crippen LogP contribution in [0.15, 0.2) is 29.3 Å². The van der Waals surface area contributed by atoms with E-state index in [0.29, 0.717) is 10.2 Å². The van der Waals surface area contributed by atoms with Crippen molar-refractivity contribution in [3.05, 3.63) is 34.6 Å². The van der Waals surface area contributed by atoms with E-state index in [1.54, 1.807) is 18.0 Å². The van der Waals surface area contributed by atoms with E-state index in [1.807, 2.05) is 6.07 Å². The Kier molecular flexibility index (Phi) is 3.39. The van der Waals surface area contributed by atoms with E-state index in [2.05, 4.69) is 24.0 Å². The van der Waals surface area contributed by atoms with Crippen LogP contribution < -0.4 is 0 Å². The number of nitrogens with zero attached hydrogens (tertiary/aromatic N) is 1. The highest BCUT2D eigenvalue weighted by atomic mass is 35.5. The van der Waals surface area contributed by atoms with E-state index in [1.165, 1.54) is 4.90 Å². The number of halogens is 2. The predicted molar refractivity (Wildman–Crippen MR) is 68.2 cm³/mol. The van der Waals surface area contributed by atoms with E-state index in [0.717, 1.165) is 16.5 Å². The van der Waals surface area contributed by atoms with E-state index in [9.17, 15) is 0 Å². The third-order valence-electron chi connectivity index (χ3n) is 2.07. The molecule has 1 aromatic carbocycles. The molecule has 0 saturated heterocycles. The highest BCUT2D eigenvalue weighted by Gasteiger charge is 2.05. The zero-order valence-electron chi connectivity index (χ0n) is 8.13. The maximum absolute atomic E-state index is 6.05. The lowest BCUT2D eigenvalue weighted by molar-refractivity contribution is 1.35. The van der Waals surface area contributed by atoms with Crippen LogP contribution in [0, 0.1) is 0 Å². The lowest BCUT2D eigenvalue weighted by atomic mass is 10.2. The van der Waals surface area contributed by atoms with Crippen LogP contribution in [0.4, 0.5) is 0 Å². The molecule has 0 fully saturated rings. The summed E-state index contributed by atoms with van der Waals surface area (Å²) in [6.07, 6.45) is 1.75. The minimum absolute atomic E-state index is 0.361. The van der Waals surface area contributed by atoms with E-state index in [4.69, 9.17) is 23.2 Å². The molecule has 0 aliphatic carbocycles. The molecule has 2 rings (SSSR count). The van der Waals surface area contributed by atoms with Crippen molar-refractivity contribution in [1.82, 2.24) is 4.98 Å². The topological polar surface area (TPSA) is 12.9 Å². The molecule has 0 N–H and O–H groups in total. The van der Waals surface area contributed by atoms with Crippen LogP contribution in [-0.2, 0) is 0 Å². The number of hydrogen-bond donors (Lipinski definition) is 0. The molecule has 15 heavy (non-hydrogen) atoms. The van der Waals surface area contributed by atoms with E-state index < -0.39 is 0 Å². The lowest BCUT2D eigenvalue weighted by Crippen LogP contribution is -1.82. The summed E-state index contributed by atoms with van der Waals surface area (Å²) in [6.45, 7) is 2.13. The number of aromatic nitrogens is 1. The van der Waals surface area contributed by atoms with Crippen molar-refractivity contribution >= 4 is 45.7 Å². The Morgan fingerprint density at radius 3 is 2.87 bits per heavy atom. The third kappa shape index (κ3) is 2.22. The van der Waals surface area contributed by atoms with Gasteiger partial charge in [-0.15, -0.1) is 11.8 Å².